The van der Waals surface area contributed by atoms with Gasteiger partial charge >= 0.3 is 0 Å². The van der Waals surface area contributed by atoms with Crippen LogP contribution >= 0.6 is 15.9 Å². The van der Waals surface area contributed by atoms with E-state index >= 15 is 0 Å². The Kier molecular flexibility index (Phi) is 2.86. The summed E-state index contributed by atoms with van der Waals surface area (Å²) in [6.45, 7) is 7.44. The van der Waals surface area contributed by atoms with Crippen molar-refractivity contribution in [2.75, 3.05) is 0 Å². The summed E-state index contributed by atoms with van der Waals surface area (Å²) in [6.07, 6.45) is 7.17. The average Bonchev–Trinajstić information content (AvgIpc) is 1.87. The lowest BCUT2D eigenvalue weighted by Crippen LogP contribution is -2.48. The number of alkyl halides is 1. The molecular formula is C9H19BrSi. The fourth-order valence-electron chi connectivity index (χ4n) is 1.86. The summed E-state index contributed by atoms with van der Waals surface area (Å²) in [4.78, 5) is 0. The molecule has 0 atom stereocenters. The van der Waals surface area contributed by atoms with Crippen molar-refractivity contribution in [1.82, 2.24) is 0 Å². The van der Waals surface area contributed by atoms with Crippen LogP contribution in [-0.2, 0) is 0 Å². The number of hydrogen-bond donors (Lipinski definition) is 0. The van der Waals surface area contributed by atoms with Gasteiger partial charge in [-0.05, 0) is 12.8 Å². The molecule has 0 bridgehead atoms. The number of halogens is 1. The average molecular weight is 235 g/mol. The highest BCUT2D eigenvalue weighted by Crippen LogP contribution is 2.42. The molecule has 66 valence electrons. The van der Waals surface area contributed by atoms with Crippen LogP contribution in [0, 0.1) is 0 Å². The van der Waals surface area contributed by atoms with Crippen LogP contribution in [0.2, 0.25) is 19.6 Å². The third-order valence-corrected chi connectivity index (χ3v) is 10.5. The fraction of sp³-hybridized carbons (Fsp3) is 1.00. The number of rotatable bonds is 1. The van der Waals surface area contributed by atoms with Gasteiger partial charge in [-0.3, -0.25) is 0 Å². The van der Waals surface area contributed by atoms with Gasteiger partial charge in [0, 0.05) is 3.95 Å². The van der Waals surface area contributed by atoms with Crippen molar-refractivity contribution in [1.29, 1.82) is 0 Å². The van der Waals surface area contributed by atoms with Crippen molar-refractivity contribution in [3.8, 4) is 0 Å². The molecule has 0 aromatic heterocycles. The van der Waals surface area contributed by atoms with Gasteiger partial charge in [0.15, 0.2) is 0 Å². The van der Waals surface area contributed by atoms with Crippen LogP contribution in [0.1, 0.15) is 32.1 Å². The zero-order chi connectivity index (χ0) is 8.54. The largest absolute Gasteiger partial charge is 0.0889 e. The molecular weight excluding hydrogens is 216 g/mol. The van der Waals surface area contributed by atoms with Crippen LogP contribution in [0.3, 0.4) is 0 Å². The van der Waals surface area contributed by atoms with Gasteiger partial charge in [0.1, 0.15) is 0 Å². The van der Waals surface area contributed by atoms with E-state index in [0.29, 0.717) is 3.95 Å². The molecule has 0 unspecified atom stereocenters. The van der Waals surface area contributed by atoms with E-state index < -0.39 is 8.07 Å². The molecule has 1 saturated carbocycles. The van der Waals surface area contributed by atoms with E-state index in [0.717, 1.165) is 0 Å². The highest BCUT2D eigenvalue weighted by molar-refractivity contribution is 9.10. The Labute approximate surface area is 79.9 Å². The van der Waals surface area contributed by atoms with Crippen LogP contribution in [0.5, 0.6) is 0 Å². The second-order valence-corrected chi connectivity index (χ2v) is 12.5. The van der Waals surface area contributed by atoms with Crippen molar-refractivity contribution in [3.05, 3.63) is 0 Å². The zero-order valence-electron chi connectivity index (χ0n) is 7.91. The first-order valence-corrected chi connectivity index (χ1v) is 8.94. The first-order chi connectivity index (χ1) is 4.96. The van der Waals surface area contributed by atoms with Crippen LogP contribution in [-0.4, -0.2) is 12.0 Å². The summed E-state index contributed by atoms with van der Waals surface area (Å²) in [5, 5.41) is 0. The van der Waals surface area contributed by atoms with E-state index in [1.54, 1.807) is 0 Å². The first-order valence-electron chi connectivity index (χ1n) is 4.65. The van der Waals surface area contributed by atoms with Gasteiger partial charge < -0.3 is 0 Å². The maximum atomic E-state index is 3.98. The normalized spacial score (nSPS) is 25.1. The highest BCUT2D eigenvalue weighted by atomic mass is 79.9. The third kappa shape index (κ3) is 2.09. The second-order valence-electron chi connectivity index (χ2n) is 4.78. The molecule has 11 heavy (non-hydrogen) atoms. The van der Waals surface area contributed by atoms with Gasteiger partial charge in [-0.1, -0.05) is 54.8 Å². The monoisotopic (exact) mass is 234 g/mol. The Balaban J connectivity index is 2.64. The van der Waals surface area contributed by atoms with Crippen molar-refractivity contribution < 1.29 is 0 Å². The van der Waals surface area contributed by atoms with E-state index in [1.807, 2.05) is 0 Å². The maximum absolute atomic E-state index is 3.98. The first kappa shape index (κ1) is 9.78. The standard InChI is InChI=1S/C9H19BrSi/c1-11(2,3)9(10)7-5-4-6-8-9/h4-8H2,1-3H3. The predicted molar refractivity (Wildman–Crippen MR) is 58.1 cm³/mol. The Hall–Kier alpha value is 0.697. The minimum atomic E-state index is -0.964. The van der Waals surface area contributed by atoms with Gasteiger partial charge in [0.25, 0.3) is 0 Å². The molecule has 0 saturated heterocycles. The molecule has 1 rings (SSSR count). The Morgan fingerprint density at radius 1 is 1.00 bits per heavy atom. The fourth-order valence-corrected chi connectivity index (χ4v) is 4.28. The molecule has 2 heteroatoms. The summed E-state index contributed by atoms with van der Waals surface area (Å²) in [5.41, 5.74) is 0. The summed E-state index contributed by atoms with van der Waals surface area (Å²) in [5.74, 6) is 0. The summed E-state index contributed by atoms with van der Waals surface area (Å²) < 4.78 is 0.568. The maximum Gasteiger partial charge on any atom is 0.0634 e. The summed E-state index contributed by atoms with van der Waals surface area (Å²) in [6, 6.07) is 0. The van der Waals surface area contributed by atoms with E-state index in [9.17, 15) is 0 Å². The third-order valence-electron chi connectivity index (χ3n) is 2.99. The van der Waals surface area contributed by atoms with E-state index in [1.165, 1.54) is 32.1 Å². The van der Waals surface area contributed by atoms with Crippen LogP contribution < -0.4 is 0 Å². The van der Waals surface area contributed by atoms with Crippen molar-refractivity contribution >= 4 is 24.0 Å². The van der Waals surface area contributed by atoms with Crippen molar-refractivity contribution in [2.24, 2.45) is 0 Å². The molecule has 0 aromatic rings. The lowest BCUT2D eigenvalue weighted by molar-refractivity contribution is 0.478. The molecule has 0 nitrogen and oxygen atoms in total. The van der Waals surface area contributed by atoms with Crippen LogP contribution in [0.25, 0.3) is 0 Å². The van der Waals surface area contributed by atoms with E-state index in [2.05, 4.69) is 35.6 Å². The lowest BCUT2D eigenvalue weighted by atomic mass is 10.00. The Morgan fingerprint density at radius 3 is 1.73 bits per heavy atom. The molecule has 1 aliphatic carbocycles. The predicted octanol–water partition coefficient (Wildman–Crippen LogP) is 3.96. The van der Waals surface area contributed by atoms with Gasteiger partial charge in [-0.25, -0.2) is 0 Å². The van der Waals surface area contributed by atoms with E-state index in [-0.39, 0.29) is 0 Å². The topological polar surface area (TPSA) is 0 Å². The summed E-state index contributed by atoms with van der Waals surface area (Å²) >= 11 is 3.98. The molecule has 0 heterocycles. The molecule has 0 aromatic carbocycles. The number of hydrogen-bond acceptors (Lipinski definition) is 0. The second kappa shape index (κ2) is 3.21. The molecule has 1 fully saturated rings. The van der Waals surface area contributed by atoms with Gasteiger partial charge in [-0.2, -0.15) is 0 Å². The molecule has 0 aliphatic heterocycles. The lowest BCUT2D eigenvalue weighted by Gasteiger charge is -2.41. The van der Waals surface area contributed by atoms with Crippen LogP contribution in [0.4, 0.5) is 0 Å². The van der Waals surface area contributed by atoms with Gasteiger partial charge in [-0.15, -0.1) is 0 Å². The Bertz CT molecular complexity index is 131. The minimum Gasteiger partial charge on any atom is -0.0889 e. The van der Waals surface area contributed by atoms with Gasteiger partial charge in [0.05, 0.1) is 8.07 Å². The highest BCUT2D eigenvalue weighted by Gasteiger charge is 2.41. The Morgan fingerprint density at radius 2 is 1.45 bits per heavy atom. The minimum absolute atomic E-state index is 0.568. The molecule has 0 N–H and O–H groups in total. The zero-order valence-corrected chi connectivity index (χ0v) is 10.5. The van der Waals surface area contributed by atoms with Crippen LogP contribution in [0.15, 0.2) is 0 Å². The molecule has 1 aliphatic rings. The molecule has 0 amide bonds. The smallest absolute Gasteiger partial charge is 0.0634 e. The SMILES string of the molecule is C[Si](C)(C)C1(Br)CCCCC1. The van der Waals surface area contributed by atoms with Gasteiger partial charge in [0.2, 0.25) is 0 Å². The molecule has 0 spiro atoms. The van der Waals surface area contributed by atoms with Crippen molar-refractivity contribution in [2.45, 2.75) is 55.7 Å². The molecule has 0 radical (unpaired) electrons. The van der Waals surface area contributed by atoms with E-state index in [4.69, 9.17) is 0 Å². The van der Waals surface area contributed by atoms with Crippen molar-refractivity contribution in [3.63, 3.8) is 0 Å². The quantitative estimate of drug-likeness (QED) is 0.476. The summed E-state index contributed by atoms with van der Waals surface area (Å²) in [7, 11) is -0.964.